The third-order valence-corrected chi connectivity index (χ3v) is 4.68. The normalized spacial score (nSPS) is 16.5. The van der Waals surface area contributed by atoms with Crippen LogP contribution in [0.15, 0.2) is 48.5 Å². The van der Waals surface area contributed by atoms with E-state index in [0.717, 1.165) is 5.56 Å². The van der Waals surface area contributed by atoms with Gasteiger partial charge in [-0.2, -0.15) is 0 Å². The topological polar surface area (TPSA) is 59.0 Å². The van der Waals surface area contributed by atoms with E-state index in [1.807, 2.05) is 32.9 Å². The van der Waals surface area contributed by atoms with Crippen molar-refractivity contribution in [3.8, 4) is 11.5 Å². The third-order valence-electron chi connectivity index (χ3n) is 4.68. The highest BCUT2D eigenvalue weighted by Crippen LogP contribution is 2.34. The minimum Gasteiger partial charge on any atom is -0.457 e. The van der Waals surface area contributed by atoms with Crippen molar-refractivity contribution >= 4 is 6.09 Å². The maximum Gasteiger partial charge on any atom is 0.410 e. The highest BCUT2D eigenvalue weighted by atomic mass is 19.1. The molecule has 0 radical (unpaired) electrons. The van der Waals surface area contributed by atoms with E-state index < -0.39 is 11.2 Å². The lowest BCUT2D eigenvalue weighted by Gasteiger charge is -2.39. The predicted octanol–water partition coefficient (Wildman–Crippen LogP) is 4.84. The minimum absolute atomic E-state index is 0.317. The Morgan fingerprint density at radius 3 is 2.00 bits per heavy atom. The molecule has 1 heterocycles. The van der Waals surface area contributed by atoms with Crippen molar-refractivity contribution in [2.45, 2.75) is 44.8 Å². The Bertz CT molecular complexity index is 804. The van der Waals surface area contributed by atoms with Crippen molar-refractivity contribution in [2.24, 2.45) is 0 Å². The minimum atomic E-state index is -0.993. The molecule has 1 N–H and O–H groups in total. The van der Waals surface area contributed by atoms with E-state index in [2.05, 4.69) is 0 Å². The maximum atomic E-state index is 13.0. The summed E-state index contributed by atoms with van der Waals surface area (Å²) in [5, 5.41) is 11.0. The number of ether oxygens (including phenoxy) is 2. The average Bonchev–Trinajstić information content (AvgIpc) is 2.63. The summed E-state index contributed by atoms with van der Waals surface area (Å²) in [6, 6.07) is 13.0. The summed E-state index contributed by atoms with van der Waals surface area (Å²) in [6.45, 7) is 6.36. The molecule has 0 aliphatic carbocycles. The number of aliphatic hydroxyl groups is 1. The Hall–Kier alpha value is -2.60. The van der Waals surface area contributed by atoms with Gasteiger partial charge in [0.25, 0.3) is 0 Å². The number of piperidine rings is 1. The molecule has 5 nitrogen and oxygen atoms in total. The van der Waals surface area contributed by atoms with Gasteiger partial charge in [-0.05, 0) is 75.6 Å². The standard InChI is InChI=1S/C22H26FNO4/c1-21(2,3)28-20(25)24-14-12-22(26,13-15-24)16-4-8-18(9-5-16)27-19-10-6-17(23)7-11-19/h4-11,26H,12-15H2,1-3H3. The monoisotopic (exact) mass is 387 g/mol. The Labute approximate surface area is 164 Å². The molecular formula is C22H26FNO4. The van der Waals surface area contributed by atoms with Gasteiger partial charge < -0.3 is 19.5 Å². The SMILES string of the molecule is CC(C)(C)OC(=O)N1CCC(O)(c2ccc(Oc3ccc(F)cc3)cc2)CC1. The number of carbonyl (C=O) groups excluding carboxylic acids is 1. The number of hydrogen-bond donors (Lipinski definition) is 1. The zero-order valence-corrected chi connectivity index (χ0v) is 16.4. The molecule has 2 aromatic rings. The van der Waals surface area contributed by atoms with Gasteiger partial charge in [0, 0.05) is 13.1 Å². The predicted molar refractivity (Wildman–Crippen MR) is 104 cm³/mol. The van der Waals surface area contributed by atoms with Gasteiger partial charge in [-0.25, -0.2) is 9.18 Å². The fourth-order valence-electron chi connectivity index (χ4n) is 3.15. The van der Waals surface area contributed by atoms with Crippen LogP contribution in [0.25, 0.3) is 0 Å². The van der Waals surface area contributed by atoms with Gasteiger partial charge in [0.1, 0.15) is 22.9 Å². The molecule has 150 valence electrons. The van der Waals surface area contributed by atoms with Crippen molar-refractivity contribution in [1.82, 2.24) is 4.90 Å². The zero-order valence-electron chi connectivity index (χ0n) is 16.4. The van der Waals surface area contributed by atoms with Gasteiger partial charge in [0.15, 0.2) is 0 Å². The van der Waals surface area contributed by atoms with E-state index in [4.69, 9.17) is 9.47 Å². The largest absolute Gasteiger partial charge is 0.457 e. The van der Waals surface area contributed by atoms with Crippen molar-refractivity contribution < 1.29 is 23.8 Å². The summed E-state index contributed by atoms with van der Waals surface area (Å²) in [6.07, 6.45) is 0.520. The van der Waals surface area contributed by atoms with Crippen LogP contribution < -0.4 is 4.74 Å². The Morgan fingerprint density at radius 1 is 1.00 bits per heavy atom. The van der Waals surface area contributed by atoms with E-state index in [1.165, 1.54) is 12.1 Å². The number of carbonyl (C=O) groups is 1. The van der Waals surface area contributed by atoms with Gasteiger partial charge in [-0.1, -0.05) is 12.1 Å². The van der Waals surface area contributed by atoms with E-state index in [1.54, 1.807) is 29.2 Å². The van der Waals surface area contributed by atoms with Crippen LogP contribution in [0.3, 0.4) is 0 Å². The number of amides is 1. The first kappa shape index (κ1) is 20.1. The smallest absolute Gasteiger partial charge is 0.410 e. The van der Waals surface area contributed by atoms with Crippen LogP contribution in [-0.4, -0.2) is 34.8 Å². The summed E-state index contributed by atoms with van der Waals surface area (Å²) in [7, 11) is 0. The first-order valence-electron chi connectivity index (χ1n) is 9.39. The molecule has 3 rings (SSSR count). The number of benzene rings is 2. The summed E-state index contributed by atoms with van der Waals surface area (Å²) in [5.74, 6) is 0.825. The van der Waals surface area contributed by atoms with Crippen molar-refractivity contribution in [1.29, 1.82) is 0 Å². The molecule has 2 aromatic carbocycles. The highest BCUT2D eigenvalue weighted by Gasteiger charge is 2.36. The summed E-state index contributed by atoms with van der Waals surface area (Å²) < 4.78 is 24.1. The molecule has 1 aliphatic heterocycles. The Morgan fingerprint density at radius 2 is 1.50 bits per heavy atom. The molecule has 6 heteroatoms. The lowest BCUT2D eigenvalue weighted by Crippen LogP contribution is -2.46. The fraction of sp³-hybridized carbons (Fsp3) is 0.409. The van der Waals surface area contributed by atoms with Crippen LogP contribution in [0.1, 0.15) is 39.2 Å². The lowest BCUT2D eigenvalue weighted by atomic mass is 9.84. The molecule has 1 amide bonds. The molecule has 0 unspecified atom stereocenters. The fourth-order valence-corrected chi connectivity index (χ4v) is 3.15. The first-order valence-corrected chi connectivity index (χ1v) is 9.39. The molecular weight excluding hydrogens is 361 g/mol. The molecule has 0 saturated carbocycles. The van der Waals surface area contributed by atoms with E-state index >= 15 is 0 Å². The number of likely N-dealkylation sites (tertiary alicyclic amines) is 1. The Kier molecular flexibility index (Phi) is 5.61. The van der Waals surface area contributed by atoms with Crippen LogP contribution in [-0.2, 0) is 10.3 Å². The van der Waals surface area contributed by atoms with Gasteiger partial charge in [-0.15, -0.1) is 0 Å². The van der Waals surface area contributed by atoms with Crippen LogP contribution in [0, 0.1) is 5.82 Å². The van der Waals surface area contributed by atoms with Crippen LogP contribution in [0.2, 0.25) is 0 Å². The van der Waals surface area contributed by atoms with E-state index in [-0.39, 0.29) is 11.9 Å². The second kappa shape index (κ2) is 7.80. The van der Waals surface area contributed by atoms with Crippen molar-refractivity contribution in [3.63, 3.8) is 0 Å². The number of nitrogens with zero attached hydrogens (tertiary/aromatic N) is 1. The lowest BCUT2D eigenvalue weighted by molar-refractivity contribution is -0.0356. The van der Waals surface area contributed by atoms with Crippen LogP contribution in [0.4, 0.5) is 9.18 Å². The number of halogens is 1. The van der Waals surface area contributed by atoms with E-state index in [0.29, 0.717) is 37.4 Å². The molecule has 0 atom stereocenters. The first-order chi connectivity index (χ1) is 13.1. The molecule has 28 heavy (non-hydrogen) atoms. The highest BCUT2D eigenvalue weighted by molar-refractivity contribution is 5.68. The maximum absolute atomic E-state index is 13.0. The van der Waals surface area contributed by atoms with Crippen molar-refractivity contribution in [3.05, 3.63) is 59.9 Å². The van der Waals surface area contributed by atoms with Crippen LogP contribution >= 0.6 is 0 Å². The molecule has 1 aliphatic rings. The average molecular weight is 387 g/mol. The van der Waals surface area contributed by atoms with E-state index in [9.17, 15) is 14.3 Å². The molecule has 0 spiro atoms. The quantitative estimate of drug-likeness (QED) is 0.819. The summed E-state index contributed by atoms with van der Waals surface area (Å²) in [5.41, 5.74) is -0.749. The zero-order chi connectivity index (χ0) is 20.4. The third kappa shape index (κ3) is 5.01. The van der Waals surface area contributed by atoms with Gasteiger partial charge in [0.05, 0.1) is 5.60 Å². The second-order valence-electron chi connectivity index (χ2n) is 8.08. The van der Waals surface area contributed by atoms with Crippen LogP contribution in [0.5, 0.6) is 11.5 Å². The molecule has 0 aromatic heterocycles. The summed E-state index contributed by atoms with van der Waals surface area (Å²) in [4.78, 5) is 13.8. The molecule has 1 fully saturated rings. The summed E-state index contributed by atoms with van der Waals surface area (Å²) >= 11 is 0. The van der Waals surface area contributed by atoms with Gasteiger partial charge >= 0.3 is 6.09 Å². The molecule has 1 saturated heterocycles. The van der Waals surface area contributed by atoms with Gasteiger partial charge in [-0.3, -0.25) is 0 Å². The van der Waals surface area contributed by atoms with Gasteiger partial charge in [0.2, 0.25) is 0 Å². The molecule has 0 bridgehead atoms. The second-order valence-corrected chi connectivity index (χ2v) is 8.08. The van der Waals surface area contributed by atoms with Crippen molar-refractivity contribution in [2.75, 3.05) is 13.1 Å². The Balaban J connectivity index is 1.61. The number of hydrogen-bond acceptors (Lipinski definition) is 4. The number of rotatable bonds is 3.